The zero-order valence-corrected chi connectivity index (χ0v) is 11.3. The van der Waals surface area contributed by atoms with E-state index < -0.39 is 11.6 Å². The molecule has 0 unspecified atom stereocenters. The lowest BCUT2D eigenvalue weighted by Gasteiger charge is -2.10. The van der Waals surface area contributed by atoms with Crippen LogP contribution < -0.4 is 10.6 Å². The van der Waals surface area contributed by atoms with Crippen LogP contribution >= 0.6 is 0 Å². The fraction of sp³-hybridized carbons (Fsp3) is 0.133. The van der Waals surface area contributed by atoms with Crippen molar-refractivity contribution in [2.75, 3.05) is 10.6 Å². The zero-order chi connectivity index (χ0) is 15.4. The van der Waals surface area contributed by atoms with E-state index in [-0.39, 0.29) is 23.9 Å². The van der Waals surface area contributed by atoms with E-state index in [9.17, 15) is 18.7 Å². The third-order valence-corrected chi connectivity index (χ3v) is 2.72. The van der Waals surface area contributed by atoms with E-state index >= 15 is 0 Å². The topological polar surface area (TPSA) is 61.4 Å². The highest BCUT2D eigenvalue weighted by Crippen LogP contribution is 2.21. The van der Waals surface area contributed by atoms with Crippen LogP contribution in [0.15, 0.2) is 36.4 Å². The SMILES string of the molecule is CC(=O)Nc1cc(NCc2cc(O)cc(F)c2)ccc1F. The third-order valence-electron chi connectivity index (χ3n) is 2.72. The van der Waals surface area contributed by atoms with E-state index in [0.717, 1.165) is 6.07 Å². The van der Waals surface area contributed by atoms with Gasteiger partial charge in [0.2, 0.25) is 5.91 Å². The molecule has 0 saturated heterocycles. The molecule has 110 valence electrons. The Balaban J connectivity index is 2.11. The molecular weight excluding hydrogens is 278 g/mol. The lowest BCUT2D eigenvalue weighted by molar-refractivity contribution is -0.114. The number of hydrogen-bond donors (Lipinski definition) is 3. The number of carbonyl (C=O) groups excluding carboxylic acids is 1. The monoisotopic (exact) mass is 292 g/mol. The summed E-state index contributed by atoms with van der Waals surface area (Å²) in [4.78, 5) is 11.0. The van der Waals surface area contributed by atoms with Crippen LogP contribution in [0.1, 0.15) is 12.5 Å². The Morgan fingerprint density at radius 2 is 1.95 bits per heavy atom. The van der Waals surface area contributed by atoms with Crippen molar-refractivity contribution < 1.29 is 18.7 Å². The van der Waals surface area contributed by atoms with Crippen LogP contribution in [0.3, 0.4) is 0 Å². The summed E-state index contributed by atoms with van der Waals surface area (Å²) in [5.74, 6) is -1.62. The molecule has 0 aliphatic carbocycles. The Kier molecular flexibility index (Phi) is 4.37. The van der Waals surface area contributed by atoms with Crippen LogP contribution in [0.25, 0.3) is 0 Å². The fourth-order valence-electron chi connectivity index (χ4n) is 1.86. The summed E-state index contributed by atoms with van der Waals surface area (Å²) in [5.41, 5.74) is 1.16. The summed E-state index contributed by atoms with van der Waals surface area (Å²) in [6, 6.07) is 7.88. The lowest BCUT2D eigenvalue weighted by Crippen LogP contribution is -2.08. The number of aromatic hydroxyl groups is 1. The highest BCUT2D eigenvalue weighted by molar-refractivity contribution is 5.89. The predicted octanol–water partition coefficient (Wildman–Crippen LogP) is 3.24. The minimum absolute atomic E-state index is 0.0644. The van der Waals surface area contributed by atoms with Crippen LogP contribution in [0.4, 0.5) is 20.2 Å². The highest BCUT2D eigenvalue weighted by atomic mass is 19.1. The van der Waals surface area contributed by atoms with E-state index in [4.69, 9.17) is 0 Å². The summed E-state index contributed by atoms with van der Waals surface area (Å²) < 4.78 is 26.6. The maximum absolute atomic E-state index is 13.5. The van der Waals surface area contributed by atoms with Crippen molar-refractivity contribution in [3.8, 4) is 5.75 Å². The first-order valence-electron chi connectivity index (χ1n) is 6.23. The van der Waals surface area contributed by atoms with Gasteiger partial charge in [0.15, 0.2) is 0 Å². The van der Waals surface area contributed by atoms with Crippen LogP contribution in [0.2, 0.25) is 0 Å². The molecule has 2 aromatic rings. The normalized spacial score (nSPS) is 10.2. The van der Waals surface area contributed by atoms with Gasteiger partial charge < -0.3 is 15.7 Å². The molecule has 0 heterocycles. The number of benzene rings is 2. The van der Waals surface area contributed by atoms with Gasteiger partial charge in [-0.15, -0.1) is 0 Å². The number of nitrogens with one attached hydrogen (secondary N) is 2. The van der Waals surface area contributed by atoms with Crippen molar-refractivity contribution in [2.24, 2.45) is 0 Å². The van der Waals surface area contributed by atoms with E-state index in [2.05, 4.69) is 10.6 Å². The zero-order valence-electron chi connectivity index (χ0n) is 11.3. The number of anilines is 2. The smallest absolute Gasteiger partial charge is 0.221 e. The van der Waals surface area contributed by atoms with E-state index in [1.807, 2.05) is 0 Å². The van der Waals surface area contributed by atoms with Crippen molar-refractivity contribution >= 4 is 17.3 Å². The molecule has 0 aliphatic heterocycles. The van der Waals surface area contributed by atoms with E-state index in [1.165, 1.54) is 37.3 Å². The van der Waals surface area contributed by atoms with Gasteiger partial charge in [0, 0.05) is 25.2 Å². The summed E-state index contributed by atoms with van der Waals surface area (Å²) >= 11 is 0. The molecule has 0 atom stereocenters. The van der Waals surface area contributed by atoms with Gasteiger partial charge in [-0.2, -0.15) is 0 Å². The van der Waals surface area contributed by atoms with Crippen LogP contribution in [-0.4, -0.2) is 11.0 Å². The Bertz CT molecular complexity index is 654. The van der Waals surface area contributed by atoms with Crippen LogP contribution in [-0.2, 0) is 11.3 Å². The third kappa shape index (κ3) is 4.17. The number of rotatable bonds is 4. The minimum Gasteiger partial charge on any atom is -0.508 e. The molecule has 1 amide bonds. The first-order valence-corrected chi connectivity index (χ1v) is 6.23. The van der Waals surface area contributed by atoms with Crippen molar-refractivity contribution in [3.63, 3.8) is 0 Å². The van der Waals surface area contributed by atoms with E-state index in [0.29, 0.717) is 11.3 Å². The maximum atomic E-state index is 13.5. The van der Waals surface area contributed by atoms with Gasteiger partial charge >= 0.3 is 0 Å². The fourth-order valence-corrected chi connectivity index (χ4v) is 1.86. The second kappa shape index (κ2) is 6.21. The number of hydrogen-bond acceptors (Lipinski definition) is 3. The molecule has 2 aromatic carbocycles. The van der Waals surface area contributed by atoms with Gasteiger partial charge in [-0.05, 0) is 35.9 Å². The molecule has 0 spiro atoms. The number of amides is 1. The van der Waals surface area contributed by atoms with Gasteiger partial charge in [0.25, 0.3) is 0 Å². The molecule has 6 heteroatoms. The molecule has 0 aliphatic rings. The molecule has 4 nitrogen and oxygen atoms in total. The number of halogens is 2. The first kappa shape index (κ1) is 14.8. The molecule has 21 heavy (non-hydrogen) atoms. The lowest BCUT2D eigenvalue weighted by atomic mass is 10.2. The quantitative estimate of drug-likeness (QED) is 0.810. The second-order valence-electron chi connectivity index (χ2n) is 4.55. The standard InChI is InChI=1S/C15H14F2N2O2/c1-9(20)19-15-7-12(2-3-14(15)17)18-8-10-4-11(16)6-13(21)5-10/h2-7,18,21H,8H2,1H3,(H,19,20). The van der Waals surface area contributed by atoms with Crippen molar-refractivity contribution in [3.05, 3.63) is 53.6 Å². The molecular formula is C15H14F2N2O2. The van der Waals surface area contributed by atoms with Gasteiger partial charge in [-0.3, -0.25) is 4.79 Å². The van der Waals surface area contributed by atoms with Crippen LogP contribution in [0, 0.1) is 11.6 Å². The average molecular weight is 292 g/mol. The second-order valence-corrected chi connectivity index (χ2v) is 4.55. The average Bonchev–Trinajstić information content (AvgIpc) is 2.38. The first-order chi connectivity index (χ1) is 9.94. The van der Waals surface area contributed by atoms with Gasteiger partial charge in [0.05, 0.1) is 5.69 Å². The largest absolute Gasteiger partial charge is 0.508 e. The molecule has 0 bridgehead atoms. The molecule has 0 saturated carbocycles. The molecule has 2 rings (SSSR count). The van der Waals surface area contributed by atoms with E-state index in [1.54, 1.807) is 0 Å². The van der Waals surface area contributed by atoms with Gasteiger partial charge in [0.1, 0.15) is 17.4 Å². The highest BCUT2D eigenvalue weighted by Gasteiger charge is 2.06. The van der Waals surface area contributed by atoms with Gasteiger partial charge in [-0.1, -0.05) is 0 Å². The number of carbonyl (C=O) groups is 1. The minimum atomic E-state index is -0.542. The summed E-state index contributed by atoms with van der Waals surface area (Å²) in [5, 5.41) is 14.6. The van der Waals surface area contributed by atoms with Crippen LogP contribution in [0.5, 0.6) is 5.75 Å². The Labute approximate surface area is 120 Å². The summed E-state index contributed by atoms with van der Waals surface area (Å²) in [7, 11) is 0. The van der Waals surface area contributed by atoms with Crippen molar-refractivity contribution in [1.29, 1.82) is 0 Å². The molecule has 3 N–H and O–H groups in total. The molecule has 0 radical (unpaired) electrons. The summed E-state index contributed by atoms with van der Waals surface area (Å²) in [6.07, 6.45) is 0. The van der Waals surface area contributed by atoms with Gasteiger partial charge in [-0.25, -0.2) is 8.78 Å². The predicted molar refractivity (Wildman–Crippen MR) is 76.1 cm³/mol. The Hall–Kier alpha value is -2.63. The number of phenolic OH excluding ortho intramolecular Hbond substituents is 1. The number of phenols is 1. The summed E-state index contributed by atoms with van der Waals surface area (Å²) in [6.45, 7) is 1.53. The van der Waals surface area contributed by atoms with Crippen molar-refractivity contribution in [1.82, 2.24) is 0 Å². The Morgan fingerprint density at radius 1 is 1.19 bits per heavy atom. The maximum Gasteiger partial charge on any atom is 0.221 e. The Morgan fingerprint density at radius 3 is 2.62 bits per heavy atom. The molecule has 0 aromatic heterocycles. The van der Waals surface area contributed by atoms with Crippen molar-refractivity contribution in [2.45, 2.75) is 13.5 Å². The molecule has 0 fully saturated rings.